The van der Waals surface area contributed by atoms with Crippen LogP contribution in [0.2, 0.25) is 0 Å². The Bertz CT molecular complexity index is 645. The lowest BCUT2D eigenvalue weighted by Crippen LogP contribution is -2.52. The fraction of sp³-hybridized carbons (Fsp3) is 0.533. The van der Waals surface area contributed by atoms with Gasteiger partial charge in [0, 0.05) is 6.04 Å². The zero-order valence-electron chi connectivity index (χ0n) is 13.1. The highest BCUT2D eigenvalue weighted by Crippen LogP contribution is 2.35. The van der Waals surface area contributed by atoms with Crippen LogP contribution >= 0.6 is 0 Å². The van der Waals surface area contributed by atoms with Crippen molar-refractivity contribution in [2.45, 2.75) is 39.3 Å². The van der Waals surface area contributed by atoms with E-state index in [1.807, 2.05) is 13.8 Å². The molecule has 22 heavy (non-hydrogen) atoms. The van der Waals surface area contributed by atoms with Crippen molar-refractivity contribution >= 4 is 21.6 Å². The van der Waals surface area contributed by atoms with Gasteiger partial charge in [-0.3, -0.25) is 9.10 Å². The molecule has 0 radical (unpaired) electrons. The highest BCUT2D eigenvalue weighted by atomic mass is 32.2. The van der Waals surface area contributed by atoms with E-state index in [0.717, 1.165) is 6.42 Å². The van der Waals surface area contributed by atoms with Crippen LogP contribution in [0.25, 0.3) is 0 Å². The number of nitrogens with zero attached hydrogens (tertiary/aromatic N) is 1. The van der Waals surface area contributed by atoms with Gasteiger partial charge in [-0.2, -0.15) is 0 Å². The third-order valence-electron chi connectivity index (χ3n) is 3.73. The summed E-state index contributed by atoms with van der Waals surface area (Å²) in [6, 6.07) is 6.89. The van der Waals surface area contributed by atoms with Gasteiger partial charge in [0.25, 0.3) is 5.91 Å². The number of hydrogen-bond acceptors (Lipinski definition) is 4. The number of amides is 1. The average Bonchev–Trinajstić information content (AvgIpc) is 2.53. The van der Waals surface area contributed by atoms with Crippen LogP contribution in [0.3, 0.4) is 0 Å². The van der Waals surface area contributed by atoms with Gasteiger partial charge in [0.2, 0.25) is 10.0 Å². The summed E-state index contributed by atoms with van der Waals surface area (Å²) >= 11 is 0. The van der Waals surface area contributed by atoms with Crippen LogP contribution in [0, 0.1) is 0 Å². The molecule has 1 N–H and O–H groups in total. The SMILES string of the molecule is CC[C@@H](C)NC(=O)[C@@H]1CN(S(=O)(=O)CC)c2ccccc2O1. The summed E-state index contributed by atoms with van der Waals surface area (Å²) in [5.41, 5.74) is 0.483. The van der Waals surface area contributed by atoms with Gasteiger partial charge in [-0.05, 0) is 32.4 Å². The molecular formula is C15H22N2O4S. The van der Waals surface area contributed by atoms with E-state index in [9.17, 15) is 13.2 Å². The van der Waals surface area contributed by atoms with Crippen molar-refractivity contribution in [3.8, 4) is 5.75 Å². The largest absolute Gasteiger partial charge is 0.476 e. The van der Waals surface area contributed by atoms with Crippen LogP contribution in [-0.2, 0) is 14.8 Å². The Morgan fingerprint density at radius 3 is 2.73 bits per heavy atom. The molecule has 0 aliphatic carbocycles. The van der Waals surface area contributed by atoms with Crippen molar-refractivity contribution in [2.75, 3.05) is 16.6 Å². The van der Waals surface area contributed by atoms with E-state index >= 15 is 0 Å². The van der Waals surface area contributed by atoms with E-state index in [-0.39, 0.29) is 24.2 Å². The van der Waals surface area contributed by atoms with Crippen molar-refractivity contribution in [1.29, 1.82) is 0 Å². The van der Waals surface area contributed by atoms with Gasteiger partial charge >= 0.3 is 0 Å². The van der Waals surface area contributed by atoms with E-state index < -0.39 is 16.1 Å². The normalized spacial score (nSPS) is 19.0. The molecule has 1 heterocycles. The van der Waals surface area contributed by atoms with E-state index in [2.05, 4.69) is 5.32 Å². The molecule has 0 fully saturated rings. The maximum Gasteiger partial charge on any atom is 0.263 e. The van der Waals surface area contributed by atoms with E-state index in [0.29, 0.717) is 11.4 Å². The number of anilines is 1. The molecule has 1 aliphatic rings. The summed E-state index contributed by atoms with van der Waals surface area (Å²) in [5.74, 6) is 0.0938. The van der Waals surface area contributed by atoms with Crippen LogP contribution < -0.4 is 14.4 Å². The smallest absolute Gasteiger partial charge is 0.263 e. The molecule has 0 unspecified atom stereocenters. The number of carbonyl (C=O) groups excluding carboxylic acids is 1. The third kappa shape index (κ3) is 3.35. The number of nitrogens with one attached hydrogen (secondary N) is 1. The number of fused-ring (bicyclic) bond motifs is 1. The Hall–Kier alpha value is -1.76. The number of benzene rings is 1. The lowest BCUT2D eigenvalue weighted by molar-refractivity contribution is -0.128. The monoisotopic (exact) mass is 326 g/mol. The minimum Gasteiger partial charge on any atom is -0.476 e. The maximum absolute atomic E-state index is 12.3. The number of hydrogen-bond donors (Lipinski definition) is 1. The number of rotatable bonds is 5. The van der Waals surface area contributed by atoms with Gasteiger partial charge in [-0.1, -0.05) is 19.1 Å². The molecule has 0 spiro atoms. The standard InChI is InChI=1S/C15H22N2O4S/c1-4-11(3)16-15(18)14-10-17(22(19,20)5-2)12-8-6-7-9-13(12)21-14/h6-9,11,14H,4-5,10H2,1-3H3,(H,16,18)/t11-,14+/m1/s1. The quantitative estimate of drug-likeness (QED) is 0.890. The fourth-order valence-electron chi connectivity index (χ4n) is 2.20. The highest BCUT2D eigenvalue weighted by Gasteiger charge is 2.36. The topological polar surface area (TPSA) is 75.7 Å². The van der Waals surface area contributed by atoms with Crippen LogP contribution in [0.4, 0.5) is 5.69 Å². The van der Waals surface area contributed by atoms with Crippen molar-refractivity contribution in [2.24, 2.45) is 0 Å². The van der Waals surface area contributed by atoms with Crippen molar-refractivity contribution in [3.05, 3.63) is 24.3 Å². The number of carbonyl (C=O) groups is 1. The molecule has 2 rings (SSSR count). The lowest BCUT2D eigenvalue weighted by atomic mass is 10.2. The maximum atomic E-state index is 12.3. The molecule has 0 saturated heterocycles. The molecule has 122 valence electrons. The molecular weight excluding hydrogens is 304 g/mol. The van der Waals surface area contributed by atoms with E-state index in [1.165, 1.54) is 4.31 Å². The Morgan fingerprint density at radius 1 is 1.41 bits per heavy atom. The van der Waals surface area contributed by atoms with E-state index in [1.54, 1.807) is 31.2 Å². The Balaban J connectivity index is 2.31. The second-order valence-electron chi connectivity index (χ2n) is 5.32. The predicted molar refractivity (Wildman–Crippen MR) is 85.6 cm³/mol. The molecule has 1 aromatic carbocycles. The van der Waals surface area contributed by atoms with Gasteiger partial charge in [-0.25, -0.2) is 8.42 Å². The lowest BCUT2D eigenvalue weighted by Gasteiger charge is -2.34. The Morgan fingerprint density at radius 2 is 2.09 bits per heavy atom. The summed E-state index contributed by atoms with van der Waals surface area (Å²) in [6.45, 7) is 5.45. The zero-order valence-corrected chi connectivity index (χ0v) is 13.9. The van der Waals surface area contributed by atoms with Gasteiger partial charge in [0.1, 0.15) is 5.75 Å². The first-order valence-electron chi connectivity index (χ1n) is 7.45. The minimum atomic E-state index is -3.46. The number of sulfonamides is 1. The summed E-state index contributed by atoms with van der Waals surface area (Å²) in [6.07, 6.45) is -0.0447. The van der Waals surface area contributed by atoms with Crippen LogP contribution in [0.5, 0.6) is 5.75 Å². The second kappa shape index (κ2) is 6.56. The first-order chi connectivity index (χ1) is 10.4. The first-order valence-corrected chi connectivity index (χ1v) is 9.06. The zero-order chi connectivity index (χ0) is 16.3. The van der Waals surface area contributed by atoms with Gasteiger partial charge in [0.05, 0.1) is 18.0 Å². The fourth-order valence-corrected chi connectivity index (χ4v) is 3.32. The summed E-state index contributed by atoms with van der Waals surface area (Å²) in [4.78, 5) is 12.3. The number of ether oxygens (including phenoxy) is 1. The van der Waals surface area contributed by atoms with Gasteiger partial charge in [-0.15, -0.1) is 0 Å². The summed E-state index contributed by atoms with van der Waals surface area (Å²) in [7, 11) is -3.46. The van der Waals surface area contributed by atoms with Gasteiger partial charge < -0.3 is 10.1 Å². The molecule has 6 nitrogen and oxygen atoms in total. The third-order valence-corrected chi connectivity index (χ3v) is 5.48. The highest BCUT2D eigenvalue weighted by molar-refractivity contribution is 7.92. The van der Waals surface area contributed by atoms with Crippen molar-refractivity contribution in [3.63, 3.8) is 0 Å². The van der Waals surface area contributed by atoms with Crippen molar-refractivity contribution < 1.29 is 17.9 Å². The van der Waals surface area contributed by atoms with Crippen LogP contribution in [-0.4, -0.2) is 38.8 Å². The average molecular weight is 326 g/mol. The molecule has 0 aromatic heterocycles. The minimum absolute atomic E-state index is 0.00451. The predicted octanol–water partition coefficient (Wildman–Crippen LogP) is 1.52. The molecule has 2 atom stereocenters. The molecule has 0 saturated carbocycles. The summed E-state index contributed by atoms with van der Waals surface area (Å²) < 4.78 is 31.6. The molecule has 1 aliphatic heterocycles. The molecule has 1 aromatic rings. The van der Waals surface area contributed by atoms with E-state index in [4.69, 9.17) is 4.74 Å². The van der Waals surface area contributed by atoms with Crippen LogP contribution in [0.15, 0.2) is 24.3 Å². The Labute approximate surface area is 131 Å². The van der Waals surface area contributed by atoms with Crippen molar-refractivity contribution in [1.82, 2.24) is 5.32 Å². The summed E-state index contributed by atoms with van der Waals surface area (Å²) in [5, 5.41) is 2.83. The molecule has 1 amide bonds. The van der Waals surface area contributed by atoms with Crippen LogP contribution in [0.1, 0.15) is 27.2 Å². The Kier molecular flexibility index (Phi) is 4.95. The molecule has 0 bridgehead atoms. The first kappa shape index (κ1) is 16.6. The number of para-hydroxylation sites is 2. The molecule has 7 heteroatoms. The second-order valence-corrected chi connectivity index (χ2v) is 7.51. The van der Waals surface area contributed by atoms with Gasteiger partial charge in [0.15, 0.2) is 6.10 Å².